The number of ether oxygens (including phenoxy) is 1. The van der Waals surface area contributed by atoms with Crippen LogP contribution in [0, 0.1) is 12.3 Å². The summed E-state index contributed by atoms with van der Waals surface area (Å²) in [6.07, 6.45) is 0. The average molecular weight is 303 g/mol. The largest absolute Gasteiger partial charge is 0.456 e. The van der Waals surface area contributed by atoms with Gasteiger partial charge in [-0.2, -0.15) is 0 Å². The molecule has 1 amide bonds. The third-order valence-corrected chi connectivity index (χ3v) is 2.77. The topological polar surface area (TPSA) is 91.3 Å². The molecular weight excluding hydrogens is 282 g/mol. The lowest BCUT2D eigenvalue weighted by Crippen LogP contribution is -2.32. The molecule has 0 aliphatic heterocycles. The minimum Gasteiger partial charge on any atom is -0.456 e. The molecule has 6 nitrogen and oxygen atoms in total. The summed E-state index contributed by atoms with van der Waals surface area (Å²) in [4.78, 5) is 22.4. The van der Waals surface area contributed by atoms with Gasteiger partial charge in [0.05, 0.1) is 11.4 Å². The lowest BCUT2D eigenvalue weighted by Gasteiger charge is -2.15. The minimum absolute atomic E-state index is 0.203. The number of esters is 1. The van der Waals surface area contributed by atoms with Crippen LogP contribution in [0.2, 0.25) is 0 Å². The number of carbonyl (C=O) groups is 2. The number of amides is 1. The number of hydrogen-bond donors (Lipinski definition) is 3. The van der Waals surface area contributed by atoms with Gasteiger partial charge < -0.3 is 20.8 Å². The van der Waals surface area contributed by atoms with Gasteiger partial charge in [-0.05, 0) is 38.5 Å². The molecule has 1 aromatic carbocycles. The van der Waals surface area contributed by atoms with Crippen LogP contribution in [0.5, 0.6) is 0 Å². The molecule has 0 saturated heterocycles. The van der Waals surface area contributed by atoms with Gasteiger partial charge in [0.1, 0.15) is 0 Å². The first-order valence-electron chi connectivity index (χ1n) is 6.83. The molecule has 0 aromatic heterocycles. The second-order valence-electron chi connectivity index (χ2n) is 4.95. The molecule has 0 spiro atoms. The number of rotatable bonds is 6. The van der Waals surface area contributed by atoms with E-state index in [0.29, 0.717) is 11.4 Å². The van der Waals surface area contributed by atoms with Gasteiger partial charge >= 0.3 is 5.97 Å². The van der Waals surface area contributed by atoms with E-state index in [4.69, 9.17) is 5.41 Å². The lowest BCUT2D eigenvalue weighted by molar-refractivity contribution is -0.146. The van der Waals surface area contributed by atoms with E-state index in [1.54, 1.807) is 13.8 Å². The Morgan fingerprint density at radius 3 is 2.45 bits per heavy atom. The Morgan fingerprint density at radius 2 is 1.91 bits per heavy atom. The van der Waals surface area contributed by atoms with Crippen LogP contribution in [0.4, 0.5) is 5.69 Å². The predicted octanol–water partition coefficient (Wildman–Crippen LogP) is 2.36. The minimum atomic E-state index is -0.526. The summed E-state index contributed by atoms with van der Waals surface area (Å²) in [5.74, 6) is -1.01. The van der Waals surface area contributed by atoms with Gasteiger partial charge in [-0.1, -0.05) is 12.1 Å². The van der Waals surface area contributed by atoms with E-state index < -0.39 is 11.9 Å². The van der Waals surface area contributed by atoms with Crippen molar-refractivity contribution < 1.29 is 14.3 Å². The van der Waals surface area contributed by atoms with Gasteiger partial charge in [-0.15, -0.1) is 0 Å². The van der Waals surface area contributed by atoms with Crippen molar-refractivity contribution in [2.75, 3.05) is 11.9 Å². The van der Waals surface area contributed by atoms with Crippen LogP contribution in [0.25, 0.3) is 0 Å². The fourth-order valence-corrected chi connectivity index (χ4v) is 1.81. The molecule has 0 saturated carbocycles. The van der Waals surface area contributed by atoms with Crippen molar-refractivity contribution in [2.24, 2.45) is 0 Å². The standard InChI is InChI=1S/C16H21N3O3/c1-10-6-5-7-14(8-10)18-12(3)16(11(2)17)19-15(21)9-22-13(4)20/h5-8,17-18H,9H2,1-4H3,(H,19,21)/b16-12+,17-11?. The zero-order valence-electron chi connectivity index (χ0n) is 13.2. The molecule has 0 aliphatic carbocycles. The third kappa shape index (κ3) is 5.78. The summed E-state index contributed by atoms with van der Waals surface area (Å²) in [5.41, 5.74) is 3.16. The normalized spacial score (nSPS) is 11.3. The van der Waals surface area contributed by atoms with E-state index in [0.717, 1.165) is 11.3 Å². The van der Waals surface area contributed by atoms with Crippen molar-refractivity contribution in [3.63, 3.8) is 0 Å². The number of carbonyl (C=O) groups excluding carboxylic acids is 2. The van der Waals surface area contributed by atoms with Crippen LogP contribution in [0.1, 0.15) is 26.3 Å². The quantitative estimate of drug-likeness (QED) is 0.556. The number of aryl methyl sites for hydroxylation is 1. The average Bonchev–Trinajstić information content (AvgIpc) is 2.42. The second-order valence-corrected chi connectivity index (χ2v) is 4.95. The Bertz CT molecular complexity index is 621. The molecule has 22 heavy (non-hydrogen) atoms. The predicted molar refractivity (Wildman–Crippen MR) is 85.7 cm³/mol. The molecule has 0 unspecified atom stereocenters. The molecule has 0 atom stereocenters. The maximum atomic E-state index is 11.7. The molecule has 1 aromatic rings. The molecule has 6 heteroatoms. The van der Waals surface area contributed by atoms with Gasteiger partial charge in [0, 0.05) is 18.3 Å². The van der Waals surface area contributed by atoms with Crippen molar-refractivity contribution >= 4 is 23.3 Å². The Labute approximate surface area is 130 Å². The van der Waals surface area contributed by atoms with Gasteiger partial charge in [0.25, 0.3) is 5.91 Å². The fourth-order valence-electron chi connectivity index (χ4n) is 1.81. The Hall–Kier alpha value is -2.63. The molecule has 1 rings (SSSR count). The number of allylic oxidation sites excluding steroid dienone is 2. The second kappa shape index (κ2) is 7.97. The summed E-state index contributed by atoms with van der Waals surface area (Å²) in [6, 6.07) is 7.75. The van der Waals surface area contributed by atoms with Crippen molar-refractivity contribution in [2.45, 2.75) is 27.7 Å². The summed E-state index contributed by atoms with van der Waals surface area (Å²) in [6.45, 7) is 6.18. The highest BCUT2D eigenvalue weighted by atomic mass is 16.5. The molecular formula is C16H21N3O3. The molecule has 0 fully saturated rings. The van der Waals surface area contributed by atoms with Gasteiger partial charge in [-0.25, -0.2) is 0 Å². The maximum absolute atomic E-state index is 11.7. The van der Waals surface area contributed by atoms with Crippen LogP contribution in [0.3, 0.4) is 0 Å². The van der Waals surface area contributed by atoms with E-state index in [1.165, 1.54) is 6.92 Å². The van der Waals surface area contributed by atoms with Crippen LogP contribution < -0.4 is 10.6 Å². The van der Waals surface area contributed by atoms with Crippen LogP contribution in [-0.4, -0.2) is 24.2 Å². The zero-order valence-corrected chi connectivity index (χ0v) is 13.2. The Kier molecular flexibility index (Phi) is 6.31. The zero-order chi connectivity index (χ0) is 16.7. The monoisotopic (exact) mass is 303 g/mol. The maximum Gasteiger partial charge on any atom is 0.303 e. The van der Waals surface area contributed by atoms with Gasteiger partial charge in [-0.3, -0.25) is 9.59 Å². The number of anilines is 1. The van der Waals surface area contributed by atoms with Crippen LogP contribution in [-0.2, 0) is 14.3 Å². The molecule has 118 valence electrons. The highest BCUT2D eigenvalue weighted by molar-refractivity contribution is 6.00. The number of hydrogen-bond acceptors (Lipinski definition) is 5. The Morgan fingerprint density at radius 1 is 1.23 bits per heavy atom. The fraction of sp³-hybridized carbons (Fsp3) is 0.312. The first-order valence-corrected chi connectivity index (χ1v) is 6.83. The highest BCUT2D eigenvalue weighted by Crippen LogP contribution is 2.14. The number of nitrogens with one attached hydrogen (secondary N) is 3. The Balaban J connectivity index is 2.85. The van der Waals surface area contributed by atoms with Crippen LogP contribution in [0.15, 0.2) is 35.7 Å². The van der Waals surface area contributed by atoms with E-state index in [-0.39, 0.29) is 12.3 Å². The van der Waals surface area contributed by atoms with Crippen LogP contribution >= 0.6 is 0 Å². The first kappa shape index (κ1) is 17.4. The van der Waals surface area contributed by atoms with E-state index in [1.807, 2.05) is 31.2 Å². The van der Waals surface area contributed by atoms with Gasteiger partial charge in [0.15, 0.2) is 6.61 Å². The smallest absolute Gasteiger partial charge is 0.303 e. The first-order chi connectivity index (χ1) is 10.3. The van der Waals surface area contributed by atoms with E-state index in [2.05, 4.69) is 15.4 Å². The van der Waals surface area contributed by atoms with Gasteiger partial charge in [0.2, 0.25) is 0 Å². The van der Waals surface area contributed by atoms with E-state index >= 15 is 0 Å². The number of benzene rings is 1. The molecule has 0 radical (unpaired) electrons. The summed E-state index contributed by atoms with van der Waals surface area (Å²) in [5, 5.41) is 13.5. The highest BCUT2D eigenvalue weighted by Gasteiger charge is 2.11. The summed E-state index contributed by atoms with van der Waals surface area (Å²) in [7, 11) is 0. The third-order valence-electron chi connectivity index (χ3n) is 2.77. The molecule has 0 aliphatic rings. The van der Waals surface area contributed by atoms with Crippen molar-refractivity contribution in [3.05, 3.63) is 41.2 Å². The van der Waals surface area contributed by atoms with E-state index in [9.17, 15) is 9.59 Å². The molecule has 0 bridgehead atoms. The van der Waals surface area contributed by atoms with Crippen molar-refractivity contribution in [1.29, 1.82) is 5.41 Å². The summed E-state index contributed by atoms with van der Waals surface area (Å²) >= 11 is 0. The summed E-state index contributed by atoms with van der Waals surface area (Å²) < 4.78 is 4.63. The van der Waals surface area contributed by atoms with Crippen molar-refractivity contribution in [3.8, 4) is 0 Å². The molecule has 0 heterocycles. The van der Waals surface area contributed by atoms with Crippen molar-refractivity contribution in [1.82, 2.24) is 5.32 Å². The molecule has 3 N–H and O–H groups in total. The lowest BCUT2D eigenvalue weighted by atomic mass is 10.2. The SMILES string of the molecule is CC(=N)/C(NC(=O)COC(C)=O)=C(/C)Nc1cccc(C)c1.